The Morgan fingerprint density at radius 1 is 1.10 bits per heavy atom. The van der Waals surface area contributed by atoms with Gasteiger partial charge in [0.2, 0.25) is 11.8 Å². The number of fused-ring (bicyclic) bond motifs is 2. The maximum absolute atomic E-state index is 12.8. The second-order valence-corrected chi connectivity index (χ2v) is 7.97. The van der Waals surface area contributed by atoms with Crippen molar-refractivity contribution in [1.82, 2.24) is 4.90 Å². The van der Waals surface area contributed by atoms with E-state index >= 15 is 0 Å². The van der Waals surface area contributed by atoms with Gasteiger partial charge >= 0.3 is 0 Å². The van der Waals surface area contributed by atoms with Gasteiger partial charge in [0.15, 0.2) is 0 Å². The minimum absolute atomic E-state index is 0.0206. The van der Waals surface area contributed by atoms with E-state index in [2.05, 4.69) is 17.4 Å². The molecule has 0 unspecified atom stereocenters. The van der Waals surface area contributed by atoms with E-state index in [1.807, 2.05) is 48.2 Å². The van der Waals surface area contributed by atoms with Gasteiger partial charge < -0.3 is 15.0 Å². The van der Waals surface area contributed by atoms with Crippen LogP contribution >= 0.6 is 0 Å². The van der Waals surface area contributed by atoms with Crippen LogP contribution in [0.5, 0.6) is 5.75 Å². The fourth-order valence-corrected chi connectivity index (χ4v) is 4.45. The summed E-state index contributed by atoms with van der Waals surface area (Å²) in [5, 5.41) is 3.07. The maximum atomic E-state index is 12.8. The molecule has 2 aromatic rings. The molecule has 2 atom stereocenters. The number of carbonyl (C=O) groups is 2. The molecule has 2 heterocycles. The van der Waals surface area contributed by atoms with Gasteiger partial charge in [-0.25, -0.2) is 0 Å². The summed E-state index contributed by atoms with van der Waals surface area (Å²) in [5.74, 6) is 1.51. The number of ether oxygens (including phenoxy) is 1. The van der Waals surface area contributed by atoms with Gasteiger partial charge in [0.05, 0.1) is 12.3 Å². The van der Waals surface area contributed by atoms with Crippen molar-refractivity contribution in [2.75, 3.05) is 25.0 Å². The van der Waals surface area contributed by atoms with Crippen LogP contribution in [0.1, 0.15) is 32.6 Å². The number of amides is 2. The number of rotatable bonds is 2. The first kappa shape index (κ1) is 19.5. The Hall–Kier alpha value is -2.82. The lowest BCUT2D eigenvalue weighted by Crippen LogP contribution is -2.45. The second-order valence-electron chi connectivity index (χ2n) is 7.97. The lowest BCUT2D eigenvalue weighted by molar-refractivity contribution is -0.133. The first-order chi connectivity index (χ1) is 14.1. The van der Waals surface area contributed by atoms with E-state index in [4.69, 9.17) is 4.74 Å². The predicted molar refractivity (Wildman–Crippen MR) is 114 cm³/mol. The lowest BCUT2D eigenvalue weighted by Gasteiger charge is -2.39. The monoisotopic (exact) mass is 392 g/mol. The van der Waals surface area contributed by atoms with Crippen LogP contribution < -0.4 is 10.1 Å². The molecule has 2 aromatic carbocycles. The summed E-state index contributed by atoms with van der Waals surface area (Å²) in [5.41, 5.74) is 2.89. The van der Waals surface area contributed by atoms with Gasteiger partial charge in [-0.15, -0.1) is 0 Å². The number of benzene rings is 2. The summed E-state index contributed by atoms with van der Waals surface area (Å²) in [7, 11) is 0. The van der Waals surface area contributed by atoms with E-state index in [0.717, 1.165) is 42.7 Å². The Morgan fingerprint density at radius 3 is 2.72 bits per heavy atom. The molecular formula is C24H28N2O3. The fraction of sp³-hybridized carbons (Fsp3) is 0.417. The summed E-state index contributed by atoms with van der Waals surface area (Å²) in [6.07, 6.45) is 2.76. The number of carbonyl (C=O) groups excluding carboxylic acids is 2. The normalized spacial score (nSPS) is 22.0. The van der Waals surface area contributed by atoms with Gasteiger partial charge in [0.1, 0.15) is 5.75 Å². The minimum atomic E-state index is 0.0206. The van der Waals surface area contributed by atoms with Crippen molar-refractivity contribution in [1.29, 1.82) is 0 Å². The zero-order chi connectivity index (χ0) is 20.2. The first-order valence-corrected chi connectivity index (χ1v) is 10.5. The molecule has 1 N–H and O–H groups in total. The molecule has 5 nitrogen and oxygen atoms in total. The molecule has 152 valence electrons. The summed E-state index contributed by atoms with van der Waals surface area (Å²) >= 11 is 0. The average molecular weight is 392 g/mol. The van der Waals surface area contributed by atoms with E-state index < -0.39 is 0 Å². The summed E-state index contributed by atoms with van der Waals surface area (Å²) in [4.78, 5) is 26.9. The number of anilines is 1. The smallest absolute Gasteiger partial charge is 0.224 e. The molecule has 0 spiro atoms. The van der Waals surface area contributed by atoms with Gasteiger partial charge in [-0.2, -0.15) is 0 Å². The molecule has 5 heteroatoms. The fourth-order valence-electron chi connectivity index (χ4n) is 4.45. The molecule has 0 bridgehead atoms. The van der Waals surface area contributed by atoms with E-state index in [0.29, 0.717) is 37.0 Å². The third kappa shape index (κ3) is 4.44. The first-order valence-electron chi connectivity index (χ1n) is 10.5. The van der Waals surface area contributed by atoms with Crippen molar-refractivity contribution < 1.29 is 14.3 Å². The highest BCUT2D eigenvalue weighted by atomic mass is 16.5. The maximum Gasteiger partial charge on any atom is 0.224 e. The van der Waals surface area contributed by atoms with Crippen molar-refractivity contribution in [3.8, 4) is 16.9 Å². The van der Waals surface area contributed by atoms with Crippen LogP contribution in [0, 0.1) is 11.8 Å². The minimum Gasteiger partial charge on any atom is -0.491 e. The van der Waals surface area contributed by atoms with Crippen LogP contribution in [-0.2, 0) is 9.59 Å². The molecular weight excluding hydrogens is 364 g/mol. The molecule has 0 radical (unpaired) electrons. The third-order valence-electron chi connectivity index (χ3n) is 6.10. The number of piperidine rings is 1. The number of nitrogens with zero attached hydrogens (tertiary/aromatic N) is 1. The second kappa shape index (κ2) is 8.68. The molecule has 2 aliphatic rings. The van der Waals surface area contributed by atoms with Gasteiger partial charge in [-0.05, 0) is 47.9 Å². The summed E-state index contributed by atoms with van der Waals surface area (Å²) in [6, 6.07) is 16.1. The van der Waals surface area contributed by atoms with Crippen molar-refractivity contribution in [3.63, 3.8) is 0 Å². The molecule has 1 fully saturated rings. The van der Waals surface area contributed by atoms with Crippen LogP contribution in [0.4, 0.5) is 5.69 Å². The Labute approximate surface area is 172 Å². The number of hydrogen-bond donors (Lipinski definition) is 1. The quantitative estimate of drug-likeness (QED) is 0.827. The topological polar surface area (TPSA) is 58.6 Å². The Morgan fingerprint density at radius 2 is 1.93 bits per heavy atom. The highest BCUT2D eigenvalue weighted by Crippen LogP contribution is 2.35. The Balaban J connectivity index is 1.54. The van der Waals surface area contributed by atoms with Gasteiger partial charge in [0, 0.05) is 25.9 Å². The van der Waals surface area contributed by atoms with Gasteiger partial charge in [-0.3, -0.25) is 9.59 Å². The highest BCUT2D eigenvalue weighted by Gasteiger charge is 2.33. The molecule has 0 aromatic heterocycles. The predicted octanol–water partition coefficient (Wildman–Crippen LogP) is 4.34. The van der Waals surface area contributed by atoms with Crippen molar-refractivity contribution in [2.24, 2.45) is 11.8 Å². The summed E-state index contributed by atoms with van der Waals surface area (Å²) in [6.45, 7) is 3.96. The van der Waals surface area contributed by atoms with Gasteiger partial charge in [-0.1, -0.05) is 43.3 Å². The van der Waals surface area contributed by atoms with Gasteiger partial charge in [0.25, 0.3) is 0 Å². The Kier molecular flexibility index (Phi) is 5.84. The van der Waals surface area contributed by atoms with Crippen LogP contribution in [0.2, 0.25) is 0 Å². The standard InChI is InChI=1S/C24H28N2O3/c1-2-24(28)26-12-10-19-15-23(27)25-21-14-18(17-6-4-3-5-7-17)8-9-22(21)29-13-11-20(19)16-26/h3-9,14,19-20H,2,10-13,15-16H2,1H3,(H,25,27)/t19-,20-/m0/s1. The highest BCUT2D eigenvalue weighted by molar-refractivity contribution is 5.93. The molecule has 29 heavy (non-hydrogen) atoms. The van der Waals surface area contributed by atoms with E-state index in [9.17, 15) is 9.59 Å². The van der Waals surface area contributed by atoms with Crippen LogP contribution in [0.15, 0.2) is 48.5 Å². The van der Waals surface area contributed by atoms with E-state index in [1.165, 1.54) is 0 Å². The zero-order valence-corrected chi connectivity index (χ0v) is 16.9. The lowest BCUT2D eigenvalue weighted by atomic mass is 9.81. The molecule has 2 amide bonds. The van der Waals surface area contributed by atoms with E-state index in [1.54, 1.807) is 0 Å². The Bertz CT molecular complexity index is 881. The zero-order valence-electron chi connectivity index (χ0n) is 16.9. The number of likely N-dealkylation sites (tertiary alicyclic amines) is 1. The molecule has 4 rings (SSSR count). The summed E-state index contributed by atoms with van der Waals surface area (Å²) < 4.78 is 6.06. The van der Waals surface area contributed by atoms with Crippen LogP contribution in [-0.4, -0.2) is 36.4 Å². The number of hydrogen-bond acceptors (Lipinski definition) is 3. The van der Waals surface area contributed by atoms with Crippen LogP contribution in [0.25, 0.3) is 11.1 Å². The molecule has 2 aliphatic heterocycles. The SMILES string of the molecule is CCC(=O)N1CC[C@H]2CC(=O)Nc3cc(-c4ccccc4)ccc3OCC[C@H]2C1. The average Bonchev–Trinajstić information content (AvgIpc) is 2.75. The number of nitrogens with one attached hydrogen (secondary N) is 1. The van der Waals surface area contributed by atoms with Crippen molar-refractivity contribution >= 4 is 17.5 Å². The third-order valence-corrected chi connectivity index (χ3v) is 6.10. The molecule has 0 saturated carbocycles. The van der Waals surface area contributed by atoms with Crippen LogP contribution in [0.3, 0.4) is 0 Å². The molecule has 0 aliphatic carbocycles. The largest absolute Gasteiger partial charge is 0.491 e. The van der Waals surface area contributed by atoms with Crippen molar-refractivity contribution in [2.45, 2.75) is 32.6 Å². The van der Waals surface area contributed by atoms with Crippen molar-refractivity contribution in [3.05, 3.63) is 48.5 Å². The molecule has 1 saturated heterocycles. The van der Waals surface area contributed by atoms with E-state index in [-0.39, 0.29) is 11.8 Å².